The summed E-state index contributed by atoms with van der Waals surface area (Å²) in [6.07, 6.45) is -2.12. The number of ketones is 2. The third kappa shape index (κ3) is 16.0. The molecule has 0 saturated carbocycles. The molecule has 0 aromatic rings. The molecule has 0 fully saturated rings. The normalized spacial score (nSPS) is 8.00. The fraction of sp³-hybridized carbons (Fsp3) is 0.250. The van der Waals surface area contributed by atoms with E-state index in [0.717, 1.165) is 0 Å². The molecule has 0 aromatic heterocycles. The topological polar surface area (TPSA) is 189 Å². The summed E-state index contributed by atoms with van der Waals surface area (Å²) in [6, 6.07) is 0. The molecule has 0 aromatic carbocycles. The van der Waals surface area contributed by atoms with Crippen molar-refractivity contribution in [2.24, 2.45) is 0 Å². The third-order valence-corrected chi connectivity index (χ3v) is 1.09. The molecule has 100 valence electrons. The predicted octanol–water partition coefficient (Wildman–Crippen LogP) is -4.82. The molecule has 0 aliphatic rings. The van der Waals surface area contributed by atoms with Gasteiger partial charge in [-0.2, -0.15) is 0 Å². The summed E-state index contributed by atoms with van der Waals surface area (Å²) in [7, 11) is 0. The number of carboxylic acid groups (broad SMARTS) is 4. The maximum atomic E-state index is 9.93. The van der Waals surface area contributed by atoms with Gasteiger partial charge in [-0.3, -0.25) is 9.59 Å². The fourth-order valence-corrected chi connectivity index (χ4v) is 0.413. The first kappa shape index (κ1) is 22.2. The molecule has 0 saturated heterocycles. The Morgan fingerprint density at radius 3 is 0.947 bits per heavy atom. The van der Waals surface area contributed by atoms with E-state index in [1.165, 1.54) is 0 Å². The molecule has 2 N–H and O–H groups in total. The molecule has 0 radical (unpaired) electrons. The van der Waals surface area contributed by atoms with Crippen molar-refractivity contribution >= 4 is 58.5 Å². The van der Waals surface area contributed by atoms with Crippen LogP contribution in [-0.2, 0) is 28.8 Å². The quantitative estimate of drug-likeness (QED) is 0.272. The second kappa shape index (κ2) is 11.1. The molecule has 0 amide bonds. The van der Waals surface area contributed by atoms with Gasteiger partial charge < -0.3 is 30.0 Å². The molecule has 0 atom stereocenters. The summed E-state index contributed by atoms with van der Waals surface area (Å²) >= 11 is 0. The number of rotatable bonds is 6. The summed E-state index contributed by atoms with van der Waals surface area (Å²) in [5, 5.41) is 34.6. The van der Waals surface area contributed by atoms with E-state index in [-0.39, 0.29) is 23.1 Å². The SMILES string of the molecule is O=C([O-])CC(=O)C(=O)O.O=C([O-])CC(=O)C(=O)O.[Mg+2]. The molecule has 0 aliphatic carbocycles. The molecule has 0 unspecified atom stereocenters. The third-order valence-electron chi connectivity index (χ3n) is 1.09. The van der Waals surface area contributed by atoms with Crippen molar-refractivity contribution in [3.8, 4) is 0 Å². The van der Waals surface area contributed by atoms with Gasteiger partial charge in [-0.15, -0.1) is 0 Å². The Labute approximate surface area is 121 Å². The molecule has 11 heteroatoms. The number of aliphatic carboxylic acids is 4. The van der Waals surface area contributed by atoms with Gasteiger partial charge in [0.1, 0.15) is 0 Å². The number of carboxylic acids is 4. The van der Waals surface area contributed by atoms with Crippen molar-refractivity contribution in [2.75, 3.05) is 0 Å². The van der Waals surface area contributed by atoms with Crippen molar-refractivity contribution in [1.82, 2.24) is 0 Å². The summed E-state index contributed by atoms with van der Waals surface area (Å²) in [5.41, 5.74) is 0. The summed E-state index contributed by atoms with van der Waals surface area (Å²) in [4.78, 5) is 58.1. The zero-order valence-corrected chi connectivity index (χ0v) is 10.7. The van der Waals surface area contributed by atoms with E-state index >= 15 is 0 Å². The second-order valence-corrected chi connectivity index (χ2v) is 2.55. The van der Waals surface area contributed by atoms with Gasteiger partial charge in [-0.05, 0) is 0 Å². The first-order valence-electron chi connectivity index (χ1n) is 3.99. The van der Waals surface area contributed by atoms with Crippen LogP contribution in [0, 0.1) is 0 Å². The second-order valence-electron chi connectivity index (χ2n) is 2.55. The van der Waals surface area contributed by atoms with E-state index in [1.54, 1.807) is 0 Å². The number of carbonyl (C=O) groups is 6. The molecule has 0 heterocycles. The van der Waals surface area contributed by atoms with Crippen LogP contribution in [0.1, 0.15) is 12.8 Å². The predicted molar refractivity (Wildman–Crippen MR) is 50.3 cm³/mol. The van der Waals surface area contributed by atoms with E-state index in [9.17, 15) is 39.0 Å². The fourth-order valence-electron chi connectivity index (χ4n) is 0.413. The molecule has 0 aliphatic heterocycles. The Balaban J connectivity index is -0.000000256. The van der Waals surface area contributed by atoms with E-state index < -0.39 is 48.3 Å². The van der Waals surface area contributed by atoms with Gasteiger partial charge in [-0.1, -0.05) is 0 Å². The monoisotopic (exact) mass is 286 g/mol. The Morgan fingerprint density at radius 1 is 0.684 bits per heavy atom. The van der Waals surface area contributed by atoms with Crippen molar-refractivity contribution in [1.29, 1.82) is 0 Å². The maximum absolute atomic E-state index is 9.93. The molecule has 10 nitrogen and oxygen atoms in total. The Hall–Kier alpha value is -2.01. The van der Waals surface area contributed by atoms with Crippen molar-refractivity contribution in [2.45, 2.75) is 12.8 Å². The average Bonchev–Trinajstić information content (AvgIpc) is 2.16. The standard InChI is InChI=1S/2C4H4O5.Mg/c2*5-2(4(8)9)1-3(6)7;/h2*1H2,(H,6,7)(H,8,9);/q;;+2/p-2. The van der Waals surface area contributed by atoms with Crippen molar-refractivity contribution in [3.05, 3.63) is 0 Å². The Kier molecular flexibility index (Phi) is 13.0. The molecule has 0 rings (SSSR count). The minimum Gasteiger partial charge on any atom is -0.550 e. The summed E-state index contributed by atoms with van der Waals surface area (Å²) in [5.74, 6) is -9.59. The van der Waals surface area contributed by atoms with Gasteiger partial charge in [0.05, 0.1) is 12.8 Å². The molecular weight excluding hydrogens is 280 g/mol. The first-order valence-corrected chi connectivity index (χ1v) is 3.99. The number of Topliss-reactive ketones (excluding diaryl/α,β-unsaturated/α-hetero) is 2. The van der Waals surface area contributed by atoms with E-state index in [0.29, 0.717) is 0 Å². The average molecular weight is 286 g/mol. The van der Waals surface area contributed by atoms with Gasteiger partial charge in [0.2, 0.25) is 11.6 Å². The van der Waals surface area contributed by atoms with E-state index in [4.69, 9.17) is 10.2 Å². The Bertz CT molecular complexity index is 360. The van der Waals surface area contributed by atoms with E-state index in [1.807, 2.05) is 0 Å². The van der Waals surface area contributed by atoms with Gasteiger partial charge in [0.15, 0.2) is 0 Å². The zero-order chi connectivity index (χ0) is 14.9. The summed E-state index contributed by atoms with van der Waals surface area (Å²) < 4.78 is 0. The summed E-state index contributed by atoms with van der Waals surface area (Å²) in [6.45, 7) is 0. The van der Waals surface area contributed by atoms with Crippen molar-refractivity contribution < 1.29 is 49.2 Å². The zero-order valence-electron chi connectivity index (χ0n) is 9.28. The van der Waals surface area contributed by atoms with E-state index in [2.05, 4.69) is 0 Å². The maximum Gasteiger partial charge on any atom is 2.00 e. The minimum atomic E-state index is -1.75. The van der Waals surface area contributed by atoms with Gasteiger partial charge >= 0.3 is 35.0 Å². The van der Waals surface area contributed by atoms with Crippen molar-refractivity contribution in [3.63, 3.8) is 0 Å². The van der Waals surface area contributed by atoms with Crippen LogP contribution in [0.25, 0.3) is 0 Å². The van der Waals surface area contributed by atoms with Crippen LogP contribution in [0.15, 0.2) is 0 Å². The Morgan fingerprint density at radius 2 is 0.895 bits per heavy atom. The van der Waals surface area contributed by atoms with Crippen LogP contribution in [0.5, 0.6) is 0 Å². The number of hydrogen-bond acceptors (Lipinski definition) is 8. The molecule has 0 spiro atoms. The van der Waals surface area contributed by atoms with Gasteiger partial charge in [-0.25, -0.2) is 9.59 Å². The van der Waals surface area contributed by atoms with Crippen LogP contribution >= 0.6 is 0 Å². The van der Waals surface area contributed by atoms with Crippen LogP contribution < -0.4 is 10.2 Å². The van der Waals surface area contributed by atoms with Gasteiger partial charge in [0.25, 0.3) is 0 Å². The number of hydrogen-bond donors (Lipinski definition) is 2. The smallest absolute Gasteiger partial charge is 0.550 e. The van der Waals surface area contributed by atoms with Crippen LogP contribution in [0.2, 0.25) is 0 Å². The first-order chi connectivity index (χ1) is 8.07. The largest absolute Gasteiger partial charge is 2.00 e. The molecule has 0 bridgehead atoms. The van der Waals surface area contributed by atoms with Crippen LogP contribution in [0.4, 0.5) is 0 Å². The number of carbonyl (C=O) groups excluding carboxylic acids is 4. The molecule has 19 heavy (non-hydrogen) atoms. The minimum absolute atomic E-state index is 0. The van der Waals surface area contributed by atoms with Crippen LogP contribution in [-0.4, -0.2) is 68.7 Å². The van der Waals surface area contributed by atoms with Gasteiger partial charge in [0, 0.05) is 11.9 Å². The molecular formula is C8H6MgO10. The van der Waals surface area contributed by atoms with Crippen LogP contribution in [0.3, 0.4) is 0 Å².